The normalized spacial score (nSPS) is 11.6. The molecule has 1 heterocycles. The van der Waals surface area contributed by atoms with Crippen LogP contribution in [0.15, 0.2) is 27.8 Å². The van der Waals surface area contributed by atoms with Crippen LogP contribution in [0.4, 0.5) is 0 Å². The second kappa shape index (κ2) is 5.06. The van der Waals surface area contributed by atoms with Crippen molar-refractivity contribution in [3.8, 4) is 0 Å². The van der Waals surface area contributed by atoms with E-state index >= 15 is 0 Å². The standard InChI is InChI=1S/C7H8BrClN2O2S/c8-6-3-7(5-10-4-6)14(12,13)11-2-1-9/h3-5,11H,1-2H2. The molecule has 0 fully saturated rings. The van der Waals surface area contributed by atoms with E-state index in [-0.39, 0.29) is 17.3 Å². The number of halogens is 2. The summed E-state index contributed by atoms with van der Waals surface area (Å²) in [6.07, 6.45) is 2.79. The van der Waals surface area contributed by atoms with Gasteiger partial charge in [-0.1, -0.05) is 0 Å². The fraction of sp³-hybridized carbons (Fsp3) is 0.286. The lowest BCUT2D eigenvalue weighted by atomic mass is 10.5. The van der Waals surface area contributed by atoms with Gasteiger partial charge in [-0.25, -0.2) is 13.1 Å². The third-order valence-corrected chi connectivity index (χ3v) is 3.43. The number of nitrogens with zero attached hydrogens (tertiary/aromatic N) is 1. The van der Waals surface area contributed by atoms with E-state index in [0.29, 0.717) is 4.47 Å². The van der Waals surface area contributed by atoms with Crippen molar-refractivity contribution in [1.82, 2.24) is 9.71 Å². The number of hydrogen-bond acceptors (Lipinski definition) is 3. The van der Waals surface area contributed by atoms with Crippen LogP contribution in [0.5, 0.6) is 0 Å². The molecular weight excluding hydrogens is 292 g/mol. The first-order chi connectivity index (χ1) is 6.56. The molecule has 0 saturated heterocycles. The Morgan fingerprint density at radius 1 is 1.50 bits per heavy atom. The quantitative estimate of drug-likeness (QED) is 0.854. The number of pyridine rings is 1. The average Bonchev–Trinajstić information content (AvgIpc) is 2.15. The summed E-state index contributed by atoms with van der Waals surface area (Å²) in [5, 5.41) is 0. The van der Waals surface area contributed by atoms with Crippen LogP contribution in [0, 0.1) is 0 Å². The molecular formula is C7H8BrClN2O2S. The van der Waals surface area contributed by atoms with Gasteiger partial charge in [0.2, 0.25) is 10.0 Å². The molecule has 4 nitrogen and oxygen atoms in total. The summed E-state index contributed by atoms with van der Waals surface area (Å²) in [5.74, 6) is 0.237. The van der Waals surface area contributed by atoms with Crippen LogP contribution >= 0.6 is 27.5 Å². The highest BCUT2D eigenvalue weighted by atomic mass is 79.9. The Morgan fingerprint density at radius 2 is 2.21 bits per heavy atom. The molecule has 0 aliphatic rings. The number of rotatable bonds is 4. The Hall–Kier alpha value is -0.170. The SMILES string of the molecule is O=S(=O)(NCCCl)c1cncc(Br)c1. The monoisotopic (exact) mass is 298 g/mol. The van der Waals surface area contributed by atoms with Gasteiger partial charge < -0.3 is 0 Å². The van der Waals surface area contributed by atoms with Gasteiger partial charge in [0.05, 0.1) is 0 Å². The zero-order valence-electron chi connectivity index (χ0n) is 7.07. The van der Waals surface area contributed by atoms with Crippen molar-refractivity contribution in [1.29, 1.82) is 0 Å². The number of sulfonamides is 1. The van der Waals surface area contributed by atoms with Gasteiger partial charge in [0.25, 0.3) is 0 Å². The smallest absolute Gasteiger partial charge is 0.242 e. The van der Waals surface area contributed by atoms with Crippen LogP contribution in [0.2, 0.25) is 0 Å². The van der Waals surface area contributed by atoms with Crippen molar-refractivity contribution < 1.29 is 8.42 Å². The second-order valence-electron chi connectivity index (χ2n) is 2.43. The summed E-state index contributed by atoms with van der Waals surface area (Å²) in [5.41, 5.74) is 0. The van der Waals surface area contributed by atoms with Crippen molar-refractivity contribution in [2.24, 2.45) is 0 Å². The highest BCUT2D eigenvalue weighted by Crippen LogP contribution is 2.13. The molecule has 0 aliphatic carbocycles. The lowest BCUT2D eigenvalue weighted by molar-refractivity contribution is 0.583. The number of alkyl halides is 1. The van der Waals surface area contributed by atoms with Crippen LogP contribution in [0.1, 0.15) is 0 Å². The van der Waals surface area contributed by atoms with Gasteiger partial charge in [0, 0.05) is 29.3 Å². The molecule has 0 spiro atoms. The third kappa shape index (κ3) is 3.20. The van der Waals surface area contributed by atoms with E-state index in [4.69, 9.17) is 11.6 Å². The van der Waals surface area contributed by atoms with Crippen LogP contribution in [-0.4, -0.2) is 25.8 Å². The molecule has 1 N–H and O–H groups in total. The molecule has 0 aliphatic heterocycles. The van der Waals surface area contributed by atoms with E-state index in [2.05, 4.69) is 25.6 Å². The predicted molar refractivity (Wildman–Crippen MR) is 57.8 cm³/mol. The van der Waals surface area contributed by atoms with Crippen molar-refractivity contribution in [2.45, 2.75) is 4.90 Å². The van der Waals surface area contributed by atoms with Crippen LogP contribution in [-0.2, 0) is 10.0 Å². The molecule has 0 bridgehead atoms. The molecule has 0 atom stereocenters. The van der Waals surface area contributed by atoms with Crippen molar-refractivity contribution in [3.05, 3.63) is 22.9 Å². The molecule has 0 saturated carbocycles. The van der Waals surface area contributed by atoms with Crippen molar-refractivity contribution in [3.63, 3.8) is 0 Å². The average molecular weight is 300 g/mol. The Morgan fingerprint density at radius 3 is 2.79 bits per heavy atom. The van der Waals surface area contributed by atoms with Gasteiger partial charge in [0.15, 0.2) is 0 Å². The maximum Gasteiger partial charge on any atom is 0.242 e. The number of aromatic nitrogens is 1. The van der Waals surface area contributed by atoms with E-state index in [1.807, 2.05) is 0 Å². The summed E-state index contributed by atoms with van der Waals surface area (Å²) in [6, 6.07) is 1.48. The first-order valence-electron chi connectivity index (χ1n) is 3.72. The minimum Gasteiger partial charge on any atom is -0.262 e. The Balaban J connectivity index is 2.93. The topological polar surface area (TPSA) is 59.1 Å². The van der Waals surface area contributed by atoms with E-state index in [1.54, 1.807) is 0 Å². The van der Waals surface area contributed by atoms with E-state index in [0.717, 1.165) is 0 Å². The first-order valence-corrected chi connectivity index (χ1v) is 6.53. The zero-order chi connectivity index (χ0) is 10.6. The Labute approximate surface area is 95.9 Å². The molecule has 14 heavy (non-hydrogen) atoms. The van der Waals surface area contributed by atoms with Gasteiger partial charge in [-0.05, 0) is 22.0 Å². The molecule has 0 unspecified atom stereocenters. The summed E-state index contributed by atoms with van der Waals surface area (Å²) >= 11 is 8.52. The molecule has 1 rings (SSSR count). The fourth-order valence-corrected chi connectivity index (χ4v) is 2.54. The molecule has 78 valence electrons. The van der Waals surface area contributed by atoms with Crippen LogP contribution in [0.3, 0.4) is 0 Å². The van der Waals surface area contributed by atoms with Crippen molar-refractivity contribution in [2.75, 3.05) is 12.4 Å². The summed E-state index contributed by atoms with van der Waals surface area (Å²) in [7, 11) is -3.47. The molecule has 1 aromatic heterocycles. The van der Waals surface area contributed by atoms with Gasteiger partial charge in [-0.2, -0.15) is 0 Å². The maximum atomic E-state index is 11.5. The highest BCUT2D eigenvalue weighted by Gasteiger charge is 2.13. The highest BCUT2D eigenvalue weighted by molar-refractivity contribution is 9.10. The minimum atomic E-state index is -3.47. The number of hydrogen-bond donors (Lipinski definition) is 1. The lowest BCUT2D eigenvalue weighted by Gasteiger charge is -2.04. The Bertz CT molecular complexity index is 410. The molecule has 0 aromatic carbocycles. The van der Waals surface area contributed by atoms with Crippen molar-refractivity contribution >= 4 is 37.6 Å². The molecule has 0 amide bonds. The third-order valence-electron chi connectivity index (χ3n) is 1.38. The molecule has 7 heteroatoms. The minimum absolute atomic E-state index is 0.122. The Kier molecular flexibility index (Phi) is 4.31. The first kappa shape index (κ1) is 11.9. The predicted octanol–water partition coefficient (Wildman–Crippen LogP) is 1.36. The maximum absolute atomic E-state index is 11.5. The van der Waals surface area contributed by atoms with Gasteiger partial charge in [-0.3, -0.25) is 4.98 Å². The van der Waals surface area contributed by atoms with Gasteiger partial charge in [-0.15, -0.1) is 11.6 Å². The summed E-state index contributed by atoms with van der Waals surface area (Å²) in [4.78, 5) is 3.88. The van der Waals surface area contributed by atoms with E-state index in [9.17, 15) is 8.42 Å². The van der Waals surface area contributed by atoms with Gasteiger partial charge in [0.1, 0.15) is 4.90 Å². The van der Waals surface area contributed by atoms with E-state index in [1.165, 1.54) is 18.5 Å². The van der Waals surface area contributed by atoms with Crippen LogP contribution < -0.4 is 4.72 Å². The summed E-state index contributed by atoms with van der Waals surface area (Å²) < 4.78 is 26.0. The van der Waals surface area contributed by atoms with Gasteiger partial charge >= 0.3 is 0 Å². The second-order valence-corrected chi connectivity index (χ2v) is 5.49. The lowest BCUT2D eigenvalue weighted by Crippen LogP contribution is -2.25. The summed E-state index contributed by atoms with van der Waals surface area (Å²) in [6.45, 7) is 0.205. The zero-order valence-corrected chi connectivity index (χ0v) is 10.2. The molecule has 1 aromatic rings. The molecule has 0 radical (unpaired) electrons. The van der Waals surface area contributed by atoms with Crippen LogP contribution in [0.25, 0.3) is 0 Å². The van der Waals surface area contributed by atoms with E-state index < -0.39 is 10.0 Å². The fourth-order valence-electron chi connectivity index (χ4n) is 0.796. The number of nitrogens with one attached hydrogen (secondary N) is 1. The largest absolute Gasteiger partial charge is 0.262 e.